The Kier molecular flexibility index (Phi) is 2.10. The minimum absolute atomic E-state index is 0.581. The quantitative estimate of drug-likeness (QED) is 0.666. The molecule has 0 saturated heterocycles. The lowest BCUT2D eigenvalue weighted by Gasteiger charge is -2.06. The fourth-order valence-electron chi connectivity index (χ4n) is 0.799. The number of hydrogen-bond donors (Lipinski definition) is 1. The van der Waals surface area contributed by atoms with Crippen molar-refractivity contribution >= 4 is 0 Å². The van der Waals surface area contributed by atoms with Crippen LogP contribution in [0.4, 0.5) is 13.2 Å². The Morgan fingerprint density at radius 2 is 2.00 bits per heavy atom. The molecule has 0 radical (unpaired) electrons. The third-order valence-corrected chi connectivity index (χ3v) is 1.34. The minimum Gasteiger partial charge on any atom is -0.313 e. The van der Waals surface area contributed by atoms with Crippen molar-refractivity contribution in [3.63, 3.8) is 0 Å². The van der Waals surface area contributed by atoms with E-state index in [2.05, 4.69) is 0 Å². The lowest BCUT2D eigenvalue weighted by molar-refractivity contribution is -0.138. The molecule has 0 aliphatic carbocycles. The lowest BCUT2D eigenvalue weighted by atomic mass is 10.2. The predicted molar refractivity (Wildman–Crippen MR) is 36.8 cm³/mol. The van der Waals surface area contributed by atoms with Crippen molar-refractivity contribution in [1.29, 1.82) is 5.26 Å². The second-order valence-electron chi connectivity index (χ2n) is 2.22. The van der Waals surface area contributed by atoms with Gasteiger partial charge in [-0.05, 0) is 6.07 Å². The molecule has 3 nitrogen and oxygen atoms in total. The summed E-state index contributed by atoms with van der Waals surface area (Å²) in [7, 11) is 0. The van der Waals surface area contributed by atoms with E-state index in [1.54, 1.807) is 4.98 Å². The van der Waals surface area contributed by atoms with Crippen molar-refractivity contribution in [2.75, 3.05) is 0 Å². The van der Waals surface area contributed by atoms with E-state index in [0.717, 1.165) is 6.07 Å². The molecular weight excluding hydrogens is 185 g/mol. The van der Waals surface area contributed by atoms with Gasteiger partial charge >= 0.3 is 6.18 Å². The first kappa shape index (κ1) is 9.32. The van der Waals surface area contributed by atoms with E-state index in [1.807, 2.05) is 0 Å². The van der Waals surface area contributed by atoms with E-state index in [9.17, 15) is 18.0 Å². The second-order valence-corrected chi connectivity index (χ2v) is 2.22. The minimum atomic E-state index is -4.62. The van der Waals surface area contributed by atoms with Gasteiger partial charge in [-0.2, -0.15) is 18.4 Å². The smallest absolute Gasteiger partial charge is 0.313 e. The van der Waals surface area contributed by atoms with Crippen LogP contribution in [0.3, 0.4) is 0 Å². The molecule has 0 aliphatic heterocycles. The maximum absolute atomic E-state index is 12.1. The zero-order chi connectivity index (χ0) is 10.1. The highest BCUT2D eigenvalue weighted by Gasteiger charge is 2.33. The Morgan fingerprint density at radius 3 is 2.46 bits per heavy atom. The third kappa shape index (κ3) is 1.87. The summed E-state index contributed by atoms with van der Waals surface area (Å²) in [6.07, 6.45) is -4.62. The number of aromatic amines is 1. The Bertz CT molecular complexity index is 413. The van der Waals surface area contributed by atoms with Gasteiger partial charge in [-0.3, -0.25) is 4.79 Å². The van der Waals surface area contributed by atoms with Crippen LogP contribution in [0.1, 0.15) is 11.3 Å². The predicted octanol–water partition coefficient (Wildman–Crippen LogP) is 1.27. The molecule has 0 saturated carbocycles. The normalized spacial score (nSPS) is 10.9. The highest BCUT2D eigenvalue weighted by atomic mass is 19.4. The van der Waals surface area contributed by atoms with Gasteiger partial charge in [0, 0.05) is 6.07 Å². The molecule has 1 rings (SSSR count). The van der Waals surface area contributed by atoms with Crippen LogP contribution in [-0.4, -0.2) is 4.98 Å². The summed E-state index contributed by atoms with van der Waals surface area (Å²) < 4.78 is 36.3. The molecule has 0 aromatic carbocycles. The van der Waals surface area contributed by atoms with Crippen LogP contribution in [0.25, 0.3) is 0 Å². The summed E-state index contributed by atoms with van der Waals surface area (Å²) in [5.41, 5.74) is -2.63. The molecular formula is C7H3F3N2O. The van der Waals surface area contributed by atoms with Crippen LogP contribution < -0.4 is 5.56 Å². The van der Waals surface area contributed by atoms with Crippen molar-refractivity contribution < 1.29 is 13.2 Å². The Morgan fingerprint density at radius 1 is 1.38 bits per heavy atom. The van der Waals surface area contributed by atoms with Gasteiger partial charge in [0.2, 0.25) is 5.56 Å². The second kappa shape index (κ2) is 2.94. The van der Waals surface area contributed by atoms with Crippen molar-refractivity contribution in [1.82, 2.24) is 4.98 Å². The van der Waals surface area contributed by atoms with Crippen LogP contribution in [-0.2, 0) is 6.18 Å². The zero-order valence-electron chi connectivity index (χ0n) is 6.14. The first-order valence-corrected chi connectivity index (χ1v) is 3.16. The Hall–Kier alpha value is -1.77. The zero-order valence-corrected chi connectivity index (χ0v) is 6.14. The van der Waals surface area contributed by atoms with Gasteiger partial charge in [0.1, 0.15) is 11.8 Å². The first-order valence-electron chi connectivity index (χ1n) is 3.16. The molecule has 13 heavy (non-hydrogen) atoms. The van der Waals surface area contributed by atoms with E-state index < -0.39 is 23.0 Å². The maximum Gasteiger partial charge on any atom is 0.419 e. The van der Waals surface area contributed by atoms with Crippen LogP contribution >= 0.6 is 0 Å². The third-order valence-electron chi connectivity index (χ3n) is 1.34. The van der Waals surface area contributed by atoms with Gasteiger partial charge in [-0.1, -0.05) is 0 Å². The fraction of sp³-hybridized carbons (Fsp3) is 0.143. The van der Waals surface area contributed by atoms with E-state index in [-0.39, 0.29) is 0 Å². The van der Waals surface area contributed by atoms with Crippen molar-refractivity contribution in [2.24, 2.45) is 0 Å². The summed E-state index contributed by atoms with van der Waals surface area (Å²) in [6, 6.07) is 2.57. The first-order chi connectivity index (χ1) is 5.95. The van der Waals surface area contributed by atoms with Crippen LogP contribution in [0, 0.1) is 11.3 Å². The summed E-state index contributed by atoms with van der Waals surface area (Å²) in [5, 5.41) is 8.29. The van der Waals surface area contributed by atoms with E-state index in [1.165, 1.54) is 6.07 Å². The number of hydrogen-bond acceptors (Lipinski definition) is 2. The number of nitrogens with one attached hydrogen (secondary N) is 1. The molecule has 0 spiro atoms. The van der Waals surface area contributed by atoms with E-state index in [4.69, 9.17) is 5.26 Å². The molecule has 6 heteroatoms. The molecule has 1 aromatic heterocycles. The van der Waals surface area contributed by atoms with Crippen LogP contribution in [0.15, 0.2) is 16.9 Å². The summed E-state index contributed by atoms with van der Waals surface area (Å²) in [6.45, 7) is 0. The Labute approximate surface area is 70.4 Å². The molecule has 1 aromatic rings. The van der Waals surface area contributed by atoms with Gasteiger partial charge in [0.05, 0.1) is 5.56 Å². The SMILES string of the molecule is N#Cc1[nH]c(=O)ccc1C(F)(F)F. The van der Waals surface area contributed by atoms with E-state index >= 15 is 0 Å². The van der Waals surface area contributed by atoms with Gasteiger partial charge < -0.3 is 4.98 Å². The molecule has 0 aliphatic rings. The van der Waals surface area contributed by atoms with Crippen LogP contribution in [0.5, 0.6) is 0 Å². The van der Waals surface area contributed by atoms with Gasteiger partial charge in [-0.15, -0.1) is 0 Å². The monoisotopic (exact) mass is 188 g/mol. The average molecular weight is 188 g/mol. The van der Waals surface area contributed by atoms with Crippen molar-refractivity contribution in [3.8, 4) is 6.07 Å². The molecule has 1 N–H and O–H groups in total. The number of rotatable bonds is 0. The number of halogens is 3. The largest absolute Gasteiger partial charge is 0.419 e. The summed E-state index contributed by atoms with van der Waals surface area (Å²) >= 11 is 0. The van der Waals surface area contributed by atoms with Crippen molar-refractivity contribution in [3.05, 3.63) is 33.7 Å². The number of pyridine rings is 1. The molecule has 1 heterocycles. The molecule has 0 unspecified atom stereocenters. The fourth-order valence-corrected chi connectivity index (χ4v) is 0.799. The van der Waals surface area contributed by atoms with Crippen LogP contribution in [0.2, 0.25) is 0 Å². The highest BCUT2D eigenvalue weighted by molar-refractivity contribution is 5.32. The Balaban J connectivity index is 3.41. The summed E-state index contributed by atoms with van der Waals surface area (Å²) in [4.78, 5) is 12.3. The molecule has 68 valence electrons. The number of H-pyrrole nitrogens is 1. The topological polar surface area (TPSA) is 56.6 Å². The summed E-state index contributed by atoms with van der Waals surface area (Å²) in [5.74, 6) is 0. The highest BCUT2D eigenvalue weighted by Crippen LogP contribution is 2.29. The lowest BCUT2D eigenvalue weighted by Crippen LogP contribution is -2.14. The van der Waals surface area contributed by atoms with E-state index in [0.29, 0.717) is 6.07 Å². The number of aromatic nitrogens is 1. The van der Waals surface area contributed by atoms with Gasteiger partial charge in [0.15, 0.2) is 0 Å². The number of nitriles is 1. The molecule has 0 amide bonds. The van der Waals surface area contributed by atoms with Crippen molar-refractivity contribution in [2.45, 2.75) is 6.18 Å². The van der Waals surface area contributed by atoms with Gasteiger partial charge in [-0.25, -0.2) is 0 Å². The number of alkyl halides is 3. The standard InChI is InChI=1S/C7H3F3N2O/c8-7(9,10)4-1-2-6(13)12-5(4)3-11/h1-2H,(H,12,13). The average Bonchev–Trinajstić information content (AvgIpc) is 2.01. The molecule has 0 fully saturated rings. The number of nitrogens with zero attached hydrogens (tertiary/aromatic N) is 1. The molecule has 0 bridgehead atoms. The van der Waals surface area contributed by atoms with Gasteiger partial charge in [0.25, 0.3) is 0 Å². The maximum atomic E-state index is 12.1. The molecule has 0 atom stereocenters.